The Balaban J connectivity index is 2.51. The highest BCUT2D eigenvalue weighted by Crippen LogP contribution is 2.21. The lowest BCUT2D eigenvalue weighted by Crippen LogP contribution is -2.42. The van der Waals surface area contributed by atoms with E-state index in [1.165, 1.54) is 0 Å². The highest BCUT2D eigenvalue weighted by molar-refractivity contribution is 7.91. The van der Waals surface area contributed by atoms with Gasteiger partial charge in [-0.25, -0.2) is 21.6 Å². The Hall–Kier alpha value is -1.16. The number of hydrogen-bond donors (Lipinski definition) is 2. The Bertz CT molecular complexity index is 608. The Morgan fingerprint density at radius 1 is 1.38 bits per heavy atom. The van der Waals surface area contributed by atoms with Crippen molar-refractivity contribution in [2.75, 3.05) is 23.5 Å². The van der Waals surface area contributed by atoms with Gasteiger partial charge in [0.25, 0.3) is 0 Å². The smallest absolute Gasteiger partial charge is 0.326 e. The molecule has 2 atom stereocenters. The van der Waals surface area contributed by atoms with Crippen molar-refractivity contribution in [3.63, 3.8) is 0 Å². The van der Waals surface area contributed by atoms with Crippen LogP contribution >= 0.6 is 0 Å². The van der Waals surface area contributed by atoms with Crippen LogP contribution in [0.4, 0.5) is 0 Å². The summed E-state index contributed by atoms with van der Waals surface area (Å²) in [4.78, 5) is 22.7. The maximum absolute atomic E-state index is 11.7. The number of sulfone groups is 2. The minimum absolute atomic E-state index is 0.0430. The molecule has 1 heterocycles. The van der Waals surface area contributed by atoms with Gasteiger partial charge in [0, 0.05) is 12.7 Å². The minimum Gasteiger partial charge on any atom is -0.480 e. The molecule has 1 fully saturated rings. The molecule has 0 spiro atoms. The van der Waals surface area contributed by atoms with Crippen LogP contribution in [0.3, 0.4) is 0 Å². The summed E-state index contributed by atoms with van der Waals surface area (Å²) >= 11 is 0. The number of carbonyl (C=O) groups excluding carboxylic acids is 1. The SMILES string of the molecule is CS(=O)(=O)CCC(NC(=O)CC1CCS(=O)(=O)C1)C(=O)O. The third-order valence-corrected chi connectivity index (χ3v) is 6.03. The van der Waals surface area contributed by atoms with Gasteiger partial charge in [0.05, 0.1) is 17.3 Å². The van der Waals surface area contributed by atoms with Crippen LogP contribution in [-0.2, 0) is 29.3 Å². The van der Waals surface area contributed by atoms with Crippen molar-refractivity contribution in [2.24, 2.45) is 5.92 Å². The van der Waals surface area contributed by atoms with Crippen LogP contribution < -0.4 is 5.32 Å². The molecule has 21 heavy (non-hydrogen) atoms. The van der Waals surface area contributed by atoms with Crippen LogP contribution in [0.2, 0.25) is 0 Å². The molecule has 1 aliphatic heterocycles. The first-order valence-electron chi connectivity index (χ1n) is 6.39. The molecule has 0 aromatic carbocycles. The van der Waals surface area contributed by atoms with Gasteiger partial charge in [0.1, 0.15) is 15.9 Å². The molecule has 1 aliphatic rings. The van der Waals surface area contributed by atoms with Crippen molar-refractivity contribution in [1.29, 1.82) is 0 Å². The van der Waals surface area contributed by atoms with Crippen LogP contribution in [0, 0.1) is 5.92 Å². The average Bonchev–Trinajstić information content (AvgIpc) is 2.62. The number of nitrogens with one attached hydrogen (secondary N) is 1. The summed E-state index contributed by atoms with van der Waals surface area (Å²) in [6.45, 7) is 0. The topological polar surface area (TPSA) is 135 Å². The summed E-state index contributed by atoms with van der Waals surface area (Å²) < 4.78 is 44.6. The van der Waals surface area contributed by atoms with E-state index in [-0.39, 0.29) is 36.0 Å². The van der Waals surface area contributed by atoms with Gasteiger partial charge >= 0.3 is 5.97 Å². The summed E-state index contributed by atoms with van der Waals surface area (Å²) in [5.41, 5.74) is 0. The van der Waals surface area contributed by atoms with Gasteiger partial charge in [-0.1, -0.05) is 0 Å². The largest absolute Gasteiger partial charge is 0.480 e. The molecule has 0 aromatic heterocycles. The molecule has 8 nitrogen and oxygen atoms in total. The lowest BCUT2D eigenvalue weighted by atomic mass is 10.0. The van der Waals surface area contributed by atoms with Crippen molar-refractivity contribution in [1.82, 2.24) is 5.32 Å². The maximum Gasteiger partial charge on any atom is 0.326 e. The normalized spacial score (nSPS) is 22.6. The summed E-state index contributed by atoms with van der Waals surface area (Å²) in [6, 6.07) is -1.29. The fourth-order valence-electron chi connectivity index (χ4n) is 2.14. The molecule has 0 aliphatic carbocycles. The average molecular weight is 341 g/mol. The molecular weight excluding hydrogens is 322 g/mol. The molecule has 2 unspecified atom stereocenters. The van der Waals surface area contributed by atoms with E-state index in [2.05, 4.69) is 5.32 Å². The molecule has 1 saturated heterocycles. The van der Waals surface area contributed by atoms with Gasteiger partial charge in [0.15, 0.2) is 9.84 Å². The van der Waals surface area contributed by atoms with Crippen molar-refractivity contribution in [3.8, 4) is 0 Å². The molecule has 1 amide bonds. The molecule has 122 valence electrons. The third kappa shape index (κ3) is 6.89. The van der Waals surface area contributed by atoms with Gasteiger partial charge < -0.3 is 10.4 Å². The predicted octanol–water partition coefficient (Wildman–Crippen LogP) is -1.18. The Morgan fingerprint density at radius 3 is 2.43 bits per heavy atom. The molecular formula is C11H19NO7S2. The van der Waals surface area contributed by atoms with E-state index >= 15 is 0 Å². The number of carboxylic acid groups (broad SMARTS) is 1. The van der Waals surface area contributed by atoms with Crippen LogP contribution in [-0.4, -0.2) is 63.4 Å². The highest BCUT2D eigenvalue weighted by atomic mass is 32.2. The van der Waals surface area contributed by atoms with Crippen LogP contribution in [0.25, 0.3) is 0 Å². The lowest BCUT2D eigenvalue weighted by Gasteiger charge is -2.15. The van der Waals surface area contributed by atoms with Gasteiger partial charge in [-0.3, -0.25) is 4.79 Å². The van der Waals surface area contributed by atoms with E-state index in [4.69, 9.17) is 5.11 Å². The van der Waals surface area contributed by atoms with Crippen molar-refractivity contribution >= 4 is 31.6 Å². The zero-order chi connectivity index (χ0) is 16.3. The number of aliphatic carboxylic acids is 1. The molecule has 0 bridgehead atoms. The first-order chi connectivity index (χ1) is 9.48. The Kier molecular flexibility index (Phi) is 5.74. The number of carboxylic acids is 1. The number of carbonyl (C=O) groups is 2. The van der Waals surface area contributed by atoms with Crippen LogP contribution in [0.15, 0.2) is 0 Å². The van der Waals surface area contributed by atoms with E-state index in [1.54, 1.807) is 0 Å². The fraction of sp³-hybridized carbons (Fsp3) is 0.818. The molecule has 10 heteroatoms. The van der Waals surface area contributed by atoms with Crippen LogP contribution in [0.1, 0.15) is 19.3 Å². The quantitative estimate of drug-likeness (QED) is 0.595. The standard InChI is InChI=1S/C11H19NO7S2/c1-20(16,17)4-3-9(11(14)15)12-10(13)6-8-2-5-21(18,19)7-8/h8-9H,2-7H2,1H3,(H,12,13)(H,14,15). The highest BCUT2D eigenvalue weighted by Gasteiger charge is 2.30. The Morgan fingerprint density at radius 2 is 2.00 bits per heavy atom. The number of rotatable bonds is 7. The van der Waals surface area contributed by atoms with Crippen molar-refractivity contribution in [2.45, 2.75) is 25.3 Å². The molecule has 1 rings (SSSR count). The number of amides is 1. The van der Waals surface area contributed by atoms with E-state index < -0.39 is 37.6 Å². The molecule has 0 saturated carbocycles. The van der Waals surface area contributed by atoms with Gasteiger partial charge in [-0.2, -0.15) is 0 Å². The monoisotopic (exact) mass is 341 g/mol. The second kappa shape index (κ2) is 6.73. The summed E-state index contributed by atoms with van der Waals surface area (Å²) in [7, 11) is -6.41. The van der Waals surface area contributed by atoms with Crippen molar-refractivity contribution in [3.05, 3.63) is 0 Å². The third-order valence-electron chi connectivity index (χ3n) is 3.21. The maximum atomic E-state index is 11.7. The fourth-order valence-corrected chi connectivity index (χ4v) is 4.66. The zero-order valence-electron chi connectivity index (χ0n) is 11.6. The molecule has 2 N–H and O–H groups in total. The van der Waals surface area contributed by atoms with Gasteiger partial charge in [0.2, 0.25) is 5.91 Å². The van der Waals surface area contributed by atoms with E-state index in [9.17, 15) is 26.4 Å². The lowest BCUT2D eigenvalue weighted by molar-refractivity contribution is -0.142. The summed E-state index contributed by atoms with van der Waals surface area (Å²) in [6.07, 6.45) is 1.08. The van der Waals surface area contributed by atoms with Gasteiger partial charge in [-0.05, 0) is 18.8 Å². The number of hydrogen-bond acceptors (Lipinski definition) is 6. The molecule has 0 aromatic rings. The van der Waals surface area contributed by atoms with Crippen LogP contribution in [0.5, 0.6) is 0 Å². The first kappa shape index (κ1) is 17.9. The summed E-state index contributed by atoms with van der Waals surface area (Å²) in [5.74, 6) is -2.56. The van der Waals surface area contributed by atoms with E-state index in [1.807, 2.05) is 0 Å². The zero-order valence-corrected chi connectivity index (χ0v) is 13.2. The first-order valence-corrected chi connectivity index (χ1v) is 10.3. The van der Waals surface area contributed by atoms with Gasteiger partial charge in [-0.15, -0.1) is 0 Å². The van der Waals surface area contributed by atoms with E-state index in [0.717, 1.165) is 6.26 Å². The summed E-state index contributed by atoms with van der Waals surface area (Å²) in [5, 5.41) is 11.2. The second-order valence-electron chi connectivity index (χ2n) is 5.35. The van der Waals surface area contributed by atoms with E-state index in [0.29, 0.717) is 6.42 Å². The minimum atomic E-state index is -3.32. The van der Waals surface area contributed by atoms with Crippen molar-refractivity contribution < 1.29 is 31.5 Å². The second-order valence-corrected chi connectivity index (χ2v) is 9.84. The molecule has 0 radical (unpaired) electrons. The Labute approximate surface area is 123 Å². The predicted molar refractivity (Wildman–Crippen MR) is 75.3 cm³/mol.